The summed E-state index contributed by atoms with van der Waals surface area (Å²) in [5.41, 5.74) is 5.84. The number of hydrogen-bond donors (Lipinski definition) is 1. The molecule has 0 aromatic rings. The van der Waals surface area contributed by atoms with Crippen LogP contribution < -0.4 is 5.73 Å². The van der Waals surface area contributed by atoms with Crippen LogP contribution in [-0.2, 0) is 9.47 Å². The molecule has 1 heterocycles. The third kappa shape index (κ3) is 4.23. The topological polar surface area (TPSA) is 44.5 Å². The maximum absolute atomic E-state index is 5.93. The van der Waals surface area contributed by atoms with E-state index in [1.807, 2.05) is 0 Å². The summed E-state index contributed by atoms with van der Waals surface area (Å²) >= 11 is 0. The average Bonchev–Trinajstić information content (AvgIpc) is 2.40. The molecule has 2 rings (SSSR count). The molecule has 1 saturated carbocycles. The fourth-order valence-electron chi connectivity index (χ4n) is 3.11. The fraction of sp³-hybridized carbons (Fsp3) is 1.00. The van der Waals surface area contributed by atoms with Crippen molar-refractivity contribution in [3.63, 3.8) is 0 Å². The molecule has 100 valence electrons. The second-order valence-electron chi connectivity index (χ2n) is 5.63. The zero-order valence-electron chi connectivity index (χ0n) is 10.9. The van der Waals surface area contributed by atoms with Crippen molar-refractivity contribution in [1.29, 1.82) is 0 Å². The molecule has 0 aromatic carbocycles. The highest BCUT2D eigenvalue weighted by atomic mass is 16.5. The first-order valence-corrected chi connectivity index (χ1v) is 7.25. The highest BCUT2D eigenvalue weighted by Gasteiger charge is 2.24. The van der Waals surface area contributed by atoms with E-state index in [1.165, 1.54) is 38.5 Å². The van der Waals surface area contributed by atoms with Gasteiger partial charge in [0.1, 0.15) is 0 Å². The number of hydrogen-bond acceptors (Lipinski definition) is 3. The smallest absolute Gasteiger partial charge is 0.0497 e. The van der Waals surface area contributed by atoms with Crippen LogP contribution in [0, 0.1) is 17.8 Å². The van der Waals surface area contributed by atoms with Gasteiger partial charge in [-0.1, -0.05) is 12.8 Å². The van der Waals surface area contributed by atoms with Gasteiger partial charge in [-0.3, -0.25) is 0 Å². The van der Waals surface area contributed by atoms with Crippen molar-refractivity contribution in [1.82, 2.24) is 0 Å². The Hall–Kier alpha value is -0.120. The Balaban J connectivity index is 1.62. The lowest BCUT2D eigenvalue weighted by molar-refractivity contribution is 0.000237. The molecule has 1 aliphatic carbocycles. The zero-order chi connectivity index (χ0) is 11.9. The summed E-state index contributed by atoms with van der Waals surface area (Å²) in [6.07, 6.45) is 7.69. The largest absolute Gasteiger partial charge is 0.381 e. The Morgan fingerprint density at radius 2 is 1.65 bits per heavy atom. The van der Waals surface area contributed by atoms with Crippen LogP contribution in [0.4, 0.5) is 0 Å². The van der Waals surface area contributed by atoms with Gasteiger partial charge in [0.05, 0.1) is 0 Å². The first-order chi connectivity index (χ1) is 8.40. The second kappa shape index (κ2) is 7.34. The van der Waals surface area contributed by atoms with Crippen LogP contribution in [0.2, 0.25) is 0 Å². The minimum absolute atomic E-state index is 0.707. The van der Waals surface area contributed by atoms with E-state index in [0.29, 0.717) is 11.8 Å². The quantitative estimate of drug-likeness (QED) is 0.802. The second-order valence-corrected chi connectivity index (χ2v) is 5.63. The minimum Gasteiger partial charge on any atom is -0.381 e. The van der Waals surface area contributed by atoms with E-state index < -0.39 is 0 Å². The molecule has 0 aromatic heterocycles. The zero-order valence-corrected chi connectivity index (χ0v) is 10.9. The van der Waals surface area contributed by atoms with E-state index in [2.05, 4.69) is 0 Å². The summed E-state index contributed by atoms with van der Waals surface area (Å²) in [6.45, 7) is 4.54. The van der Waals surface area contributed by atoms with Gasteiger partial charge in [-0.2, -0.15) is 0 Å². The van der Waals surface area contributed by atoms with Crippen LogP contribution in [0.1, 0.15) is 38.5 Å². The SMILES string of the molecule is NCC1CCCCC1COCC1CCOCC1. The fourth-order valence-corrected chi connectivity index (χ4v) is 3.11. The van der Waals surface area contributed by atoms with Crippen molar-refractivity contribution in [3.8, 4) is 0 Å². The Morgan fingerprint density at radius 3 is 2.35 bits per heavy atom. The lowest BCUT2D eigenvalue weighted by Crippen LogP contribution is -2.31. The number of nitrogens with two attached hydrogens (primary N) is 1. The van der Waals surface area contributed by atoms with E-state index in [-0.39, 0.29) is 0 Å². The van der Waals surface area contributed by atoms with Gasteiger partial charge < -0.3 is 15.2 Å². The molecule has 0 bridgehead atoms. The van der Waals surface area contributed by atoms with Crippen molar-refractivity contribution in [2.24, 2.45) is 23.5 Å². The molecule has 3 nitrogen and oxygen atoms in total. The van der Waals surface area contributed by atoms with Gasteiger partial charge >= 0.3 is 0 Å². The molecule has 0 radical (unpaired) electrons. The van der Waals surface area contributed by atoms with Crippen molar-refractivity contribution >= 4 is 0 Å². The van der Waals surface area contributed by atoms with E-state index in [4.69, 9.17) is 15.2 Å². The third-order valence-corrected chi connectivity index (χ3v) is 4.40. The van der Waals surface area contributed by atoms with E-state index in [0.717, 1.165) is 38.9 Å². The summed E-state index contributed by atoms with van der Waals surface area (Å²) in [7, 11) is 0. The standard InChI is InChI=1S/C14H27NO2/c15-9-13-3-1-2-4-14(13)11-17-10-12-5-7-16-8-6-12/h12-14H,1-11,15H2. The summed E-state index contributed by atoms with van der Waals surface area (Å²) in [5, 5.41) is 0. The molecule has 0 spiro atoms. The molecule has 2 atom stereocenters. The Labute approximate surface area is 105 Å². The summed E-state index contributed by atoms with van der Waals surface area (Å²) < 4.78 is 11.3. The van der Waals surface area contributed by atoms with Crippen molar-refractivity contribution in [2.45, 2.75) is 38.5 Å². The predicted octanol–water partition coefficient (Wildman–Crippen LogP) is 2.19. The van der Waals surface area contributed by atoms with E-state index >= 15 is 0 Å². The van der Waals surface area contributed by atoms with Crippen LogP contribution in [0.5, 0.6) is 0 Å². The highest BCUT2D eigenvalue weighted by Crippen LogP contribution is 2.29. The predicted molar refractivity (Wildman–Crippen MR) is 68.9 cm³/mol. The third-order valence-electron chi connectivity index (χ3n) is 4.40. The molecule has 2 aliphatic rings. The van der Waals surface area contributed by atoms with Crippen LogP contribution in [0.3, 0.4) is 0 Å². The lowest BCUT2D eigenvalue weighted by atomic mass is 9.80. The molecule has 17 heavy (non-hydrogen) atoms. The summed E-state index contributed by atoms with van der Waals surface area (Å²) in [6, 6.07) is 0. The molecule has 1 saturated heterocycles. The highest BCUT2D eigenvalue weighted by molar-refractivity contribution is 4.76. The molecule has 2 unspecified atom stereocenters. The van der Waals surface area contributed by atoms with Crippen molar-refractivity contribution < 1.29 is 9.47 Å². The molecular weight excluding hydrogens is 214 g/mol. The van der Waals surface area contributed by atoms with Gasteiger partial charge in [-0.15, -0.1) is 0 Å². The van der Waals surface area contributed by atoms with Crippen LogP contribution >= 0.6 is 0 Å². The molecular formula is C14H27NO2. The monoisotopic (exact) mass is 241 g/mol. The number of ether oxygens (including phenoxy) is 2. The Bertz CT molecular complexity index is 204. The first kappa shape index (κ1) is 13.3. The Morgan fingerprint density at radius 1 is 0.941 bits per heavy atom. The van der Waals surface area contributed by atoms with Gasteiger partial charge in [0, 0.05) is 26.4 Å². The van der Waals surface area contributed by atoms with Gasteiger partial charge in [0.15, 0.2) is 0 Å². The lowest BCUT2D eigenvalue weighted by Gasteiger charge is -2.31. The van der Waals surface area contributed by atoms with Crippen molar-refractivity contribution in [2.75, 3.05) is 33.0 Å². The normalized spacial score (nSPS) is 31.6. The van der Waals surface area contributed by atoms with Gasteiger partial charge in [-0.25, -0.2) is 0 Å². The van der Waals surface area contributed by atoms with Crippen LogP contribution in [-0.4, -0.2) is 33.0 Å². The van der Waals surface area contributed by atoms with Gasteiger partial charge in [0.25, 0.3) is 0 Å². The van der Waals surface area contributed by atoms with Crippen LogP contribution in [0.15, 0.2) is 0 Å². The maximum Gasteiger partial charge on any atom is 0.0497 e. The van der Waals surface area contributed by atoms with Crippen molar-refractivity contribution in [3.05, 3.63) is 0 Å². The molecule has 2 N–H and O–H groups in total. The van der Waals surface area contributed by atoms with E-state index in [9.17, 15) is 0 Å². The van der Waals surface area contributed by atoms with Gasteiger partial charge in [0.2, 0.25) is 0 Å². The Kier molecular flexibility index (Phi) is 5.75. The van der Waals surface area contributed by atoms with E-state index in [1.54, 1.807) is 0 Å². The maximum atomic E-state index is 5.93. The molecule has 2 fully saturated rings. The summed E-state index contributed by atoms with van der Waals surface area (Å²) in [4.78, 5) is 0. The minimum atomic E-state index is 0.707. The van der Waals surface area contributed by atoms with Crippen LogP contribution in [0.25, 0.3) is 0 Å². The molecule has 0 amide bonds. The van der Waals surface area contributed by atoms with Gasteiger partial charge in [-0.05, 0) is 50.0 Å². The average molecular weight is 241 g/mol. The molecule has 3 heteroatoms. The number of rotatable bonds is 5. The first-order valence-electron chi connectivity index (χ1n) is 7.25. The summed E-state index contributed by atoms with van der Waals surface area (Å²) in [5.74, 6) is 2.15. The molecule has 1 aliphatic heterocycles.